The van der Waals surface area contributed by atoms with Crippen molar-refractivity contribution in [1.82, 2.24) is 0 Å². The van der Waals surface area contributed by atoms with Crippen molar-refractivity contribution in [1.29, 1.82) is 0 Å². The van der Waals surface area contributed by atoms with E-state index in [-0.39, 0.29) is 17.4 Å². The Morgan fingerprint density at radius 3 is 2.63 bits per heavy atom. The SMILES string of the molecule is CC(=O)C=C(O)c1ccoc1Cc1ccc(F)cc1. The van der Waals surface area contributed by atoms with Crippen LogP contribution in [0.2, 0.25) is 0 Å². The molecule has 1 aromatic heterocycles. The molecule has 3 nitrogen and oxygen atoms in total. The molecule has 0 aliphatic heterocycles. The van der Waals surface area contributed by atoms with Gasteiger partial charge in [0.25, 0.3) is 0 Å². The van der Waals surface area contributed by atoms with Gasteiger partial charge in [0.15, 0.2) is 5.78 Å². The summed E-state index contributed by atoms with van der Waals surface area (Å²) in [5.74, 6) is -0.144. The van der Waals surface area contributed by atoms with Crippen LogP contribution in [0.1, 0.15) is 23.8 Å². The standard InChI is InChI=1S/C15H13FO3/c1-10(17)8-14(18)13-6-7-19-15(13)9-11-2-4-12(16)5-3-11/h2-8,18H,9H2,1H3. The number of rotatable bonds is 4. The van der Waals surface area contributed by atoms with Crippen LogP contribution in [0.25, 0.3) is 5.76 Å². The topological polar surface area (TPSA) is 50.4 Å². The van der Waals surface area contributed by atoms with Crippen LogP contribution < -0.4 is 0 Å². The van der Waals surface area contributed by atoms with Gasteiger partial charge in [-0.05, 0) is 30.7 Å². The lowest BCUT2D eigenvalue weighted by Crippen LogP contribution is -1.93. The highest BCUT2D eigenvalue weighted by atomic mass is 19.1. The number of furan rings is 1. The first-order chi connectivity index (χ1) is 9.06. The highest BCUT2D eigenvalue weighted by Crippen LogP contribution is 2.21. The van der Waals surface area contributed by atoms with E-state index in [1.54, 1.807) is 18.2 Å². The van der Waals surface area contributed by atoms with Crippen molar-refractivity contribution in [2.45, 2.75) is 13.3 Å². The Hall–Kier alpha value is -2.36. The molecule has 0 saturated heterocycles. The van der Waals surface area contributed by atoms with Crippen molar-refractivity contribution in [2.75, 3.05) is 0 Å². The van der Waals surface area contributed by atoms with Crippen molar-refractivity contribution < 1.29 is 18.7 Å². The molecule has 0 aliphatic rings. The molecule has 1 aromatic carbocycles. The fraction of sp³-hybridized carbons (Fsp3) is 0.133. The summed E-state index contributed by atoms with van der Waals surface area (Å²) in [6.07, 6.45) is 3.00. The van der Waals surface area contributed by atoms with E-state index in [9.17, 15) is 14.3 Å². The van der Waals surface area contributed by atoms with Crippen LogP contribution in [0.4, 0.5) is 4.39 Å². The fourth-order valence-corrected chi connectivity index (χ4v) is 1.76. The first-order valence-corrected chi connectivity index (χ1v) is 5.78. The Bertz CT molecular complexity index is 609. The molecule has 0 saturated carbocycles. The van der Waals surface area contributed by atoms with Gasteiger partial charge in [-0.15, -0.1) is 0 Å². The summed E-state index contributed by atoms with van der Waals surface area (Å²) in [6, 6.07) is 7.61. The molecular weight excluding hydrogens is 247 g/mol. The Labute approximate surface area is 110 Å². The van der Waals surface area contributed by atoms with Gasteiger partial charge in [0.05, 0.1) is 11.8 Å². The molecule has 2 rings (SSSR count). The average Bonchev–Trinajstić information content (AvgIpc) is 2.79. The monoisotopic (exact) mass is 260 g/mol. The van der Waals surface area contributed by atoms with E-state index >= 15 is 0 Å². The van der Waals surface area contributed by atoms with Crippen LogP contribution >= 0.6 is 0 Å². The summed E-state index contributed by atoms with van der Waals surface area (Å²) < 4.78 is 18.1. The summed E-state index contributed by atoms with van der Waals surface area (Å²) in [5, 5.41) is 9.80. The minimum atomic E-state index is -0.303. The maximum absolute atomic E-state index is 12.8. The van der Waals surface area contributed by atoms with Gasteiger partial charge in [-0.3, -0.25) is 4.79 Å². The lowest BCUT2D eigenvalue weighted by atomic mass is 10.1. The van der Waals surface area contributed by atoms with Gasteiger partial charge in [-0.1, -0.05) is 12.1 Å². The number of aliphatic hydroxyl groups is 1. The molecule has 4 heteroatoms. The molecule has 0 bridgehead atoms. The summed E-state index contributed by atoms with van der Waals surface area (Å²) in [4.78, 5) is 10.9. The Morgan fingerprint density at radius 1 is 1.32 bits per heavy atom. The number of hydrogen-bond donors (Lipinski definition) is 1. The first kappa shape index (κ1) is 13.1. The number of hydrogen-bond acceptors (Lipinski definition) is 3. The normalized spacial score (nSPS) is 11.6. The lowest BCUT2D eigenvalue weighted by molar-refractivity contribution is -0.112. The molecule has 2 aromatic rings. The van der Waals surface area contributed by atoms with E-state index < -0.39 is 0 Å². The van der Waals surface area contributed by atoms with Crippen molar-refractivity contribution in [3.8, 4) is 0 Å². The summed E-state index contributed by atoms with van der Waals surface area (Å²) in [5.41, 5.74) is 1.33. The molecule has 0 atom stereocenters. The fourth-order valence-electron chi connectivity index (χ4n) is 1.76. The van der Waals surface area contributed by atoms with Crippen LogP contribution in [-0.4, -0.2) is 10.9 Å². The predicted octanol–water partition coefficient (Wildman–Crippen LogP) is 3.50. The highest BCUT2D eigenvalue weighted by molar-refractivity contribution is 5.93. The van der Waals surface area contributed by atoms with Crippen LogP contribution in [0.15, 0.2) is 47.1 Å². The number of ketones is 1. The minimum absolute atomic E-state index is 0.127. The molecule has 0 unspecified atom stereocenters. The molecule has 1 N–H and O–H groups in total. The van der Waals surface area contributed by atoms with E-state index in [1.165, 1.54) is 25.3 Å². The third kappa shape index (κ3) is 3.31. The molecule has 98 valence electrons. The molecule has 0 radical (unpaired) electrons. The van der Waals surface area contributed by atoms with Gasteiger partial charge in [0.2, 0.25) is 0 Å². The van der Waals surface area contributed by atoms with Crippen LogP contribution in [-0.2, 0) is 11.2 Å². The van der Waals surface area contributed by atoms with Crippen LogP contribution in [0.5, 0.6) is 0 Å². The second-order valence-electron chi connectivity index (χ2n) is 4.20. The number of aliphatic hydroxyl groups excluding tert-OH is 1. The zero-order valence-corrected chi connectivity index (χ0v) is 10.4. The van der Waals surface area contributed by atoms with E-state index in [4.69, 9.17) is 4.42 Å². The van der Waals surface area contributed by atoms with Crippen LogP contribution in [0, 0.1) is 5.82 Å². The van der Waals surface area contributed by atoms with E-state index in [2.05, 4.69) is 0 Å². The van der Waals surface area contributed by atoms with Gasteiger partial charge < -0.3 is 9.52 Å². The number of benzene rings is 1. The van der Waals surface area contributed by atoms with E-state index in [0.29, 0.717) is 17.7 Å². The molecule has 0 fully saturated rings. The number of allylic oxidation sites excluding steroid dienone is 1. The van der Waals surface area contributed by atoms with Gasteiger partial charge in [-0.2, -0.15) is 0 Å². The largest absolute Gasteiger partial charge is 0.507 e. The number of carbonyl (C=O) groups excluding carboxylic acids is 1. The van der Waals surface area contributed by atoms with Gasteiger partial charge in [0, 0.05) is 12.5 Å². The minimum Gasteiger partial charge on any atom is -0.507 e. The molecule has 19 heavy (non-hydrogen) atoms. The van der Waals surface area contributed by atoms with E-state index in [1.807, 2.05) is 0 Å². The second kappa shape index (κ2) is 5.52. The third-order valence-electron chi connectivity index (χ3n) is 2.64. The third-order valence-corrected chi connectivity index (χ3v) is 2.64. The van der Waals surface area contributed by atoms with Crippen molar-refractivity contribution in [3.05, 3.63) is 65.4 Å². The quantitative estimate of drug-likeness (QED) is 0.676. The molecule has 0 spiro atoms. The number of halogens is 1. The van der Waals surface area contributed by atoms with Gasteiger partial charge in [0.1, 0.15) is 17.3 Å². The lowest BCUT2D eigenvalue weighted by Gasteiger charge is -2.02. The maximum atomic E-state index is 12.8. The maximum Gasteiger partial charge on any atom is 0.156 e. The Kier molecular flexibility index (Phi) is 3.80. The molecular formula is C15H13FO3. The Morgan fingerprint density at radius 2 is 2.00 bits per heavy atom. The highest BCUT2D eigenvalue weighted by Gasteiger charge is 2.11. The van der Waals surface area contributed by atoms with Gasteiger partial charge in [-0.25, -0.2) is 4.39 Å². The van der Waals surface area contributed by atoms with E-state index in [0.717, 1.165) is 11.6 Å². The number of carbonyl (C=O) groups is 1. The molecule has 0 aliphatic carbocycles. The zero-order chi connectivity index (χ0) is 13.8. The van der Waals surface area contributed by atoms with Crippen molar-refractivity contribution in [2.24, 2.45) is 0 Å². The summed E-state index contributed by atoms with van der Waals surface area (Å²) in [6.45, 7) is 1.36. The Balaban J connectivity index is 2.25. The summed E-state index contributed by atoms with van der Waals surface area (Å²) >= 11 is 0. The predicted molar refractivity (Wildman–Crippen MR) is 69.2 cm³/mol. The molecule has 0 amide bonds. The van der Waals surface area contributed by atoms with Crippen molar-refractivity contribution in [3.63, 3.8) is 0 Å². The van der Waals surface area contributed by atoms with Crippen LogP contribution in [0.3, 0.4) is 0 Å². The zero-order valence-electron chi connectivity index (χ0n) is 10.4. The first-order valence-electron chi connectivity index (χ1n) is 5.78. The van der Waals surface area contributed by atoms with Gasteiger partial charge >= 0.3 is 0 Å². The molecule has 1 heterocycles. The second-order valence-corrected chi connectivity index (χ2v) is 4.20. The summed E-state index contributed by atoms with van der Waals surface area (Å²) in [7, 11) is 0. The van der Waals surface area contributed by atoms with Crippen molar-refractivity contribution >= 4 is 11.5 Å². The smallest absolute Gasteiger partial charge is 0.156 e. The average molecular weight is 260 g/mol.